The summed E-state index contributed by atoms with van der Waals surface area (Å²) in [6, 6.07) is 17.9. The lowest BCUT2D eigenvalue weighted by atomic mass is 10.2. The second-order valence-electron chi connectivity index (χ2n) is 5.81. The summed E-state index contributed by atoms with van der Waals surface area (Å²) in [5, 5.41) is 15.4. The Kier molecular flexibility index (Phi) is 5.64. The van der Waals surface area contributed by atoms with Crippen molar-refractivity contribution in [2.45, 2.75) is 13.5 Å². The second-order valence-corrected chi connectivity index (χ2v) is 6.22. The van der Waals surface area contributed by atoms with Crippen LogP contribution in [0.3, 0.4) is 0 Å². The van der Waals surface area contributed by atoms with Gasteiger partial charge in [-0.15, -0.1) is 0 Å². The summed E-state index contributed by atoms with van der Waals surface area (Å²) >= 11 is 6.11. The van der Waals surface area contributed by atoms with Crippen molar-refractivity contribution in [1.29, 1.82) is 5.26 Å². The quantitative estimate of drug-likeness (QED) is 0.701. The maximum Gasteiger partial charge on any atom is 0.270 e. The van der Waals surface area contributed by atoms with E-state index in [9.17, 15) is 4.79 Å². The minimum absolute atomic E-state index is 0.244. The molecule has 7 heteroatoms. The van der Waals surface area contributed by atoms with Crippen LogP contribution < -0.4 is 10.6 Å². The van der Waals surface area contributed by atoms with Crippen LogP contribution in [0.15, 0.2) is 54.6 Å². The molecule has 134 valence electrons. The molecule has 0 saturated heterocycles. The first-order valence-electron chi connectivity index (χ1n) is 8.19. The van der Waals surface area contributed by atoms with Crippen molar-refractivity contribution in [3.05, 3.63) is 82.1 Å². The highest BCUT2D eigenvalue weighted by atomic mass is 35.5. The number of benzene rings is 2. The van der Waals surface area contributed by atoms with Crippen molar-refractivity contribution in [3.63, 3.8) is 0 Å². The van der Waals surface area contributed by atoms with Crippen LogP contribution in [0.1, 0.15) is 27.3 Å². The molecule has 0 bridgehead atoms. The van der Waals surface area contributed by atoms with Crippen LogP contribution in [0.25, 0.3) is 0 Å². The Hall–Kier alpha value is -3.43. The highest BCUT2D eigenvalue weighted by Crippen LogP contribution is 2.16. The van der Waals surface area contributed by atoms with Crippen LogP contribution >= 0.6 is 11.6 Å². The summed E-state index contributed by atoms with van der Waals surface area (Å²) in [4.78, 5) is 21.0. The Labute approximate surface area is 161 Å². The van der Waals surface area contributed by atoms with Crippen LogP contribution in [-0.4, -0.2) is 15.9 Å². The van der Waals surface area contributed by atoms with Gasteiger partial charge in [0.05, 0.1) is 11.6 Å². The van der Waals surface area contributed by atoms with Crippen LogP contribution in [0.4, 0.5) is 11.6 Å². The standard InChI is InChI=1S/C20H16ClN5O/c1-13-9-18(19(27)23-12-15-6-2-3-8-17(15)21)26-20(24-13)25-16-7-4-5-14(10-16)11-22/h2-10H,12H2,1H3,(H,23,27)(H,24,25,26). The maximum absolute atomic E-state index is 12.5. The van der Waals surface area contributed by atoms with E-state index in [1.807, 2.05) is 18.2 Å². The predicted molar refractivity (Wildman–Crippen MR) is 104 cm³/mol. The second kappa shape index (κ2) is 8.30. The van der Waals surface area contributed by atoms with Gasteiger partial charge in [-0.3, -0.25) is 4.79 Å². The predicted octanol–water partition coefficient (Wildman–Crippen LogP) is 3.98. The molecule has 0 radical (unpaired) electrons. The van der Waals surface area contributed by atoms with Crippen LogP contribution in [0.5, 0.6) is 0 Å². The third-order valence-electron chi connectivity index (χ3n) is 3.73. The minimum atomic E-state index is -0.325. The number of hydrogen-bond donors (Lipinski definition) is 2. The molecule has 0 aliphatic rings. The molecule has 2 aromatic carbocycles. The topological polar surface area (TPSA) is 90.7 Å². The van der Waals surface area contributed by atoms with E-state index < -0.39 is 0 Å². The molecular formula is C20H16ClN5O. The fraction of sp³-hybridized carbons (Fsp3) is 0.100. The maximum atomic E-state index is 12.5. The molecule has 0 aliphatic heterocycles. The third kappa shape index (κ3) is 4.81. The number of anilines is 2. The largest absolute Gasteiger partial charge is 0.347 e. The van der Waals surface area contributed by atoms with Crippen LogP contribution in [0, 0.1) is 18.3 Å². The molecular weight excluding hydrogens is 362 g/mol. The van der Waals surface area contributed by atoms with Gasteiger partial charge >= 0.3 is 0 Å². The van der Waals surface area contributed by atoms with Gasteiger partial charge in [0.2, 0.25) is 5.95 Å². The molecule has 0 aliphatic carbocycles. The van der Waals surface area contributed by atoms with Gasteiger partial charge in [0.25, 0.3) is 5.91 Å². The van der Waals surface area contributed by atoms with Gasteiger partial charge in [-0.2, -0.15) is 5.26 Å². The summed E-state index contributed by atoms with van der Waals surface area (Å²) in [5.41, 5.74) is 2.90. The number of halogens is 1. The lowest BCUT2D eigenvalue weighted by Gasteiger charge is -2.10. The number of carbonyl (C=O) groups excluding carboxylic acids is 1. The number of amides is 1. The van der Waals surface area contributed by atoms with Gasteiger partial charge in [-0.05, 0) is 42.8 Å². The smallest absolute Gasteiger partial charge is 0.270 e. The average Bonchev–Trinajstić information content (AvgIpc) is 2.67. The Morgan fingerprint density at radius 2 is 1.96 bits per heavy atom. The number of carbonyl (C=O) groups is 1. The van der Waals surface area contributed by atoms with Gasteiger partial charge in [0, 0.05) is 22.9 Å². The lowest BCUT2D eigenvalue weighted by molar-refractivity contribution is 0.0946. The zero-order chi connectivity index (χ0) is 19.2. The number of nitrogens with one attached hydrogen (secondary N) is 2. The molecule has 0 atom stereocenters. The van der Waals surface area contributed by atoms with Gasteiger partial charge in [-0.1, -0.05) is 35.9 Å². The van der Waals surface area contributed by atoms with Crippen molar-refractivity contribution in [2.75, 3.05) is 5.32 Å². The Bertz CT molecular complexity index is 1030. The summed E-state index contributed by atoms with van der Waals surface area (Å²) in [5.74, 6) is -0.0396. The highest BCUT2D eigenvalue weighted by Gasteiger charge is 2.11. The van der Waals surface area contributed by atoms with Crippen molar-refractivity contribution in [3.8, 4) is 6.07 Å². The minimum Gasteiger partial charge on any atom is -0.347 e. The molecule has 3 rings (SSSR count). The normalized spacial score (nSPS) is 10.1. The summed E-state index contributed by atoms with van der Waals surface area (Å²) in [7, 11) is 0. The molecule has 0 spiro atoms. The Morgan fingerprint density at radius 3 is 2.74 bits per heavy atom. The number of nitrogens with zero attached hydrogens (tertiary/aromatic N) is 3. The lowest BCUT2D eigenvalue weighted by Crippen LogP contribution is -2.24. The molecule has 1 heterocycles. The number of aryl methyl sites for hydroxylation is 1. The van der Waals surface area contributed by atoms with E-state index in [1.54, 1.807) is 43.3 Å². The first kappa shape index (κ1) is 18.4. The molecule has 6 nitrogen and oxygen atoms in total. The van der Waals surface area contributed by atoms with Crippen LogP contribution in [0.2, 0.25) is 5.02 Å². The molecule has 0 saturated carbocycles. The average molecular weight is 378 g/mol. The molecule has 1 amide bonds. The van der Waals surface area contributed by atoms with Gasteiger partial charge in [-0.25, -0.2) is 9.97 Å². The van der Waals surface area contributed by atoms with E-state index in [2.05, 4.69) is 26.7 Å². The zero-order valence-electron chi connectivity index (χ0n) is 14.5. The summed E-state index contributed by atoms with van der Waals surface area (Å²) < 4.78 is 0. The van der Waals surface area contributed by atoms with Gasteiger partial charge < -0.3 is 10.6 Å². The van der Waals surface area contributed by atoms with E-state index in [4.69, 9.17) is 16.9 Å². The fourth-order valence-corrected chi connectivity index (χ4v) is 2.65. The number of nitriles is 1. The van der Waals surface area contributed by atoms with Crippen molar-refractivity contribution in [1.82, 2.24) is 15.3 Å². The monoisotopic (exact) mass is 377 g/mol. The summed E-state index contributed by atoms with van der Waals surface area (Å²) in [6.07, 6.45) is 0. The molecule has 2 N–H and O–H groups in total. The Morgan fingerprint density at radius 1 is 1.15 bits per heavy atom. The van der Waals surface area contributed by atoms with E-state index in [-0.39, 0.29) is 17.5 Å². The number of hydrogen-bond acceptors (Lipinski definition) is 5. The molecule has 0 fully saturated rings. The van der Waals surface area contributed by atoms with Crippen molar-refractivity contribution >= 4 is 29.1 Å². The highest BCUT2D eigenvalue weighted by molar-refractivity contribution is 6.31. The first-order valence-corrected chi connectivity index (χ1v) is 8.57. The van der Waals surface area contributed by atoms with Gasteiger partial charge in [0.15, 0.2) is 0 Å². The van der Waals surface area contributed by atoms with Gasteiger partial charge in [0.1, 0.15) is 5.69 Å². The SMILES string of the molecule is Cc1cc(C(=O)NCc2ccccc2Cl)nc(Nc2cccc(C#N)c2)n1. The van der Waals surface area contributed by atoms with E-state index in [0.717, 1.165) is 5.56 Å². The molecule has 27 heavy (non-hydrogen) atoms. The zero-order valence-corrected chi connectivity index (χ0v) is 15.3. The fourth-order valence-electron chi connectivity index (χ4n) is 2.44. The number of rotatable bonds is 5. The first-order chi connectivity index (χ1) is 13.0. The van der Waals surface area contributed by atoms with E-state index >= 15 is 0 Å². The van der Waals surface area contributed by atoms with E-state index in [0.29, 0.717) is 28.5 Å². The molecule has 3 aromatic rings. The van der Waals surface area contributed by atoms with Crippen LogP contribution in [-0.2, 0) is 6.54 Å². The Balaban J connectivity index is 1.75. The summed E-state index contributed by atoms with van der Waals surface area (Å²) in [6.45, 7) is 2.08. The number of aromatic nitrogens is 2. The third-order valence-corrected chi connectivity index (χ3v) is 4.10. The van der Waals surface area contributed by atoms with E-state index in [1.165, 1.54) is 0 Å². The molecule has 0 unspecified atom stereocenters. The van der Waals surface area contributed by atoms with Crippen molar-refractivity contribution < 1.29 is 4.79 Å². The molecule has 1 aromatic heterocycles. The van der Waals surface area contributed by atoms with Crippen molar-refractivity contribution in [2.24, 2.45) is 0 Å².